The average molecular weight is 418 g/mol. The first-order valence-corrected chi connectivity index (χ1v) is 9.84. The van der Waals surface area contributed by atoms with Crippen molar-refractivity contribution in [1.29, 1.82) is 0 Å². The number of phenols is 1. The molecular weight excluding hydrogens is 391 g/mol. The molecule has 7 heteroatoms. The van der Waals surface area contributed by atoms with E-state index in [0.29, 0.717) is 55.1 Å². The summed E-state index contributed by atoms with van der Waals surface area (Å²) in [5.74, 6) is 0.201. The maximum absolute atomic E-state index is 13.4. The minimum Gasteiger partial charge on any atom is -0.507 e. The minimum atomic E-state index is -0.640. The van der Waals surface area contributed by atoms with Gasteiger partial charge in [0.25, 0.3) is 6.47 Å². The van der Waals surface area contributed by atoms with Gasteiger partial charge < -0.3 is 19.3 Å². The lowest BCUT2D eigenvalue weighted by atomic mass is 9.98. The largest absolute Gasteiger partial charge is 0.507 e. The van der Waals surface area contributed by atoms with E-state index in [1.165, 1.54) is 18.2 Å². The van der Waals surface area contributed by atoms with Crippen LogP contribution in [0.4, 0.5) is 4.39 Å². The molecule has 0 atom stereocenters. The number of carbonyl (C=O) groups excluding carboxylic acids is 2. The molecule has 0 aliphatic heterocycles. The van der Waals surface area contributed by atoms with E-state index in [1.54, 1.807) is 19.1 Å². The van der Waals surface area contributed by atoms with E-state index < -0.39 is 5.82 Å². The first-order chi connectivity index (χ1) is 14.3. The van der Waals surface area contributed by atoms with Gasteiger partial charge in [-0.3, -0.25) is 9.59 Å². The van der Waals surface area contributed by atoms with Crippen LogP contribution in [0.25, 0.3) is 0 Å². The Morgan fingerprint density at radius 1 is 1.10 bits per heavy atom. The van der Waals surface area contributed by atoms with Gasteiger partial charge in [0.05, 0.1) is 18.8 Å². The van der Waals surface area contributed by atoms with E-state index in [-0.39, 0.29) is 29.7 Å². The number of hydrogen-bond acceptors (Lipinski definition) is 6. The summed E-state index contributed by atoms with van der Waals surface area (Å²) in [6.07, 6.45) is 1.74. The normalized spacial score (nSPS) is 10.7. The zero-order valence-corrected chi connectivity index (χ0v) is 17.4. The fourth-order valence-electron chi connectivity index (χ4n) is 2.84. The number of benzene rings is 2. The highest BCUT2D eigenvalue weighted by Crippen LogP contribution is 2.32. The van der Waals surface area contributed by atoms with Crippen molar-refractivity contribution in [2.75, 3.05) is 13.2 Å². The predicted molar refractivity (Wildman–Crippen MR) is 110 cm³/mol. The highest BCUT2D eigenvalue weighted by atomic mass is 19.1. The van der Waals surface area contributed by atoms with Crippen molar-refractivity contribution in [3.8, 4) is 23.0 Å². The number of carbonyl (C=O) groups is 2. The number of ketones is 1. The van der Waals surface area contributed by atoms with Gasteiger partial charge in [-0.25, -0.2) is 4.39 Å². The molecule has 0 bridgehead atoms. The fourth-order valence-corrected chi connectivity index (χ4v) is 2.84. The van der Waals surface area contributed by atoms with E-state index in [1.807, 2.05) is 13.8 Å². The summed E-state index contributed by atoms with van der Waals surface area (Å²) in [5.41, 5.74) is 0.856. The standard InChI is InChI=1S/C23H27FO6/c1-15(2)12-20(26)18-7-9-21(16(3)23(18)27)29-11-5-4-10-28-17-6-8-19(24)22(13-17)30-14-25/h6-9,13-15,27H,4-5,10-12H2,1-3H3. The SMILES string of the molecule is Cc1c(OCCCCOc2ccc(F)c(OC=O)c2)ccc(C(=O)CC(C)C)c1O. The van der Waals surface area contributed by atoms with Crippen molar-refractivity contribution in [2.45, 2.75) is 40.0 Å². The average Bonchev–Trinajstić information content (AvgIpc) is 2.69. The summed E-state index contributed by atoms with van der Waals surface area (Å²) in [6, 6.07) is 7.24. The molecule has 2 aromatic rings. The molecule has 0 fully saturated rings. The number of aromatic hydroxyl groups is 1. The molecule has 2 rings (SSSR count). The molecule has 0 saturated carbocycles. The molecule has 1 N–H and O–H groups in total. The maximum atomic E-state index is 13.4. The van der Waals surface area contributed by atoms with Crippen LogP contribution in [0.2, 0.25) is 0 Å². The van der Waals surface area contributed by atoms with E-state index in [9.17, 15) is 19.1 Å². The maximum Gasteiger partial charge on any atom is 0.298 e. The first-order valence-electron chi connectivity index (χ1n) is 9.84. The number of rotatable bonds is 12. The Hall–Kier alpha value is -3.09. The third-order valence-electron chi connectivity index (χ3n) is 4.42. The molecule has 30 heavy (non-hydrogen) atoms. The molecule has 6 nitrogen and oxygen atoms in total. The molecule has 0 aliphatic carbocycles. The number of unbranched alkanes of at least 4 members (excludes halogenated alkanes) is 1. The summed E-state index contributed by atoms with van der Waals surface area (Å²) in [5, 5.41) is 10.3. The van der Waals surface area contributed by atoms with E-state index in [4.69, 9.17) is 9.47 Å². The quantitative estimate of drug-likeness (QED) is 0.302. The van der Waals surface area contributed by atoms with Gasteiger partial charge in [0.15, 0.2) is 17.3 Å². The molecular formula is C23H27FO6. The molecule has 0 heterocycles. The Morgan fingerprint density at radius 3 is 2.47 bits per heavy atom. The van der Waals surface area contributed by atoms with Crippen molar-refractivity contribution < 1.29 is 33.3 Å². The lowest BCUT2D eigenvalue weighted by Crippen LogP contribution is -2.06. The van der Waals surface area contributed by atoms with Gasteiger partial charge in [-0.1, -0.05) is 13.8 Å². The van der Waals surface area contributed by atoms with E-state index in [0.717, 1.165) is 0 Å². The molecule has 162 valence electrons. The van der Waals surface area contributed by atoms with Crippen LogP contribution < -0.4 is 14.2 Å². The van der Waals surface area contributed by atoms with Gasteiger partial charge in [0, 0.05) is 18.1 Å². The van der Waals surface area contributed by atoms with Crippen LogP contribution in [0, 0.1) is 18.7 Å². The Morgan fingerprint density at radius 2 is 1.80 bits per heavy atom. The van der Waals surface area contributed by atoms with Crippen molar-refractivity contribution in [3.63, 3.8) is 0 Å². The summed E-state index contributed by atoms with van der Waals surface area (Å²) in [4.78, 5) is 22.6. The number of hydrogen-bond donors (Lipinski definition) is 1. The lowest BCUT2D eigenvalue weighted by Gasteiger charge is -2.13. The topological polar surface area (TPSA) is 82.1 Å². The highest BCUT2D eigenvalue weighted by Gasteiger charge is 2.17. The third-order valence-corrected chi connectivity index (χ3v) is 4.42. The molecule has 0 radical (unpaired) electrons. The van der Waals surface area contributed by atoms with Crippen LogP contribution >= 0.6 is 0 Å². The molecule has 2 aromatic carbocycles. The summed E-state index contributed by atoms with van der Waals surface area (Å²) < 4.78 is 29.2. The molecule has 0 spiro atoms. The summed E-state index contributed by atoms with van der Waals surface area (Å²) in [7, 11) is 0. The van der Waals surface area contributed by atoms with Crippen LogP contribution in [0.1, 0.15) is 49.0 Å². The Bertz CT molecular complexity index is 878. The van der Waals surface area contributed by atoms with Crippen LogP contribution in [0.15, 0.2) is 30.3 Å². The van der Waals surface area contributed by atoms with Gasteiger partial charge in [-0.05, 0) is 49.9 Å². The summed E-state index contributed by atoms with van der Waals surface area (Å²) >= 11 is 0. The van der Waals surface area contributed by atoms with Gasteiger partial charge >= 0.3 is 0 Å². The first kappa shape index (κ1) is 23.2. The summed E-state index contributed by atoms with van der Waals surface area (Å²) in [6.45, 7) is 6.57. The van der Waals surface area contributed by atoms with Gasteiger partial charge in [-0.15, -0.1) is 0 Å². The molecule has 0 aromatic heterocycles. The number of Topliss-reactive ketones (excluding diaryl/α,β-unsaturated/α-hetero) is 1. The van der Waals surface area contributed by atoms with Gasteiger partial charge in [0.2, 0.25) is 0 Å². The van der Waals surface area contributed by atoms with Crippen LogP contribution in [0.3, 0.4) is 0 Å². The second-order valence-electron chi connectivity index (χ2n) is 7.32. The second kappa shape index (κ2) is 11.2. The Kier molecular flexibility index (Phi) is 8.65. The van der Waals surface area contributed by atoms with E-state index >= 15 is 0 Å². The molecule has 0 saturated heterocycles. The van der Waals surface area contributed by atoms with Gasteiger partial charge in [0.1, 0.15) is 17.2 Å². The number of phenolic OH excluding ortho intramolecular Hbond substituents is 1. The number of halogens is 1. The third kappa shape index (κ3) is 6.47. The van der Waals surface area contributed by atoms with Crippen LogP contribution in [0.5, 0.6) is 23.0 Å². The highest BCUT2D eigenvalue weighted by molar-refractivity contribution is 5.99. The molecule has 0 amide bonds. The lowest BCUT2D eigenvalue weighted by molar-refractivity contribution is -0.120. The van der Waals surface area contributed by atoms with Gasteiger partial charge in [-0.2, -0.15) is 0 Å². The number of ether oxygens (including phenoxy) is 3. The van der Waals surface area contributed by atoms with Crippen molar-refractivity contribution in [1.82, 2.24) is 0 Å². The Balaban J connectivity index is 1.79. The predicted octanol–water partition coefficient (Wildman–Crippen LogP) is 4.84. The smallest absolute Gasteiger partial charge is 0.298 e. The Labute approximate surface area is 175 Å². The van der Waals surface area contributed by atoms with Crippen LogP contribution in [-0.2, 0) is 4.79 Å². The fraction of sp³-hybridized carbons (Fsp3) is 0.391. The van der Waals surface area contributed by atoms with Crippen LogP contribution in [-0.4, -0.2) is 30.6 Å². The zero-order valence-electron chi connectivity index (χ0n) is 17.4. The zero-order chi connectivity index (χ0) is 22.1. The van der Waals surface area contributed by atoms with Crippen molar-refractivity contribution >= 4 is 12.3 Å². The van der Waals surface area contributed by atoms with E-state index in [2.05, 4.69) is 4.74 Å². The van der Waals surface area contributed by atoms with Crippen molar-refractivity contribution in [2.24, 2.45) is 5.92 Å². The molecule has 0 unspecified atom stereocenters. The van der Waals surface area contributed by atoms with Crippen molar-refractivity contribution in [3.05, 3.63) is 47.3 Å². The minimum absolute atomic E-state index is 0.0360. The second-order valence-corrected chi connectivity index (χ2v) is 7.32. The monoisotopic (exact) mass is 418 g/mol. The molecule has 0 aliphatic rings.